The summed E-state index contributed by atoms with van der Waals surface area (Å²) in [5.74, 6) is -1.16. The van der Waals surface area contributed by atoms with Crippen LogP contribution in [0.25, 0.3) is 0 Å². The second-order valence-electron chi connectivity index (χ2n) is 6.89. The third kappa shape index (κ3) is 11.2. The molecule has 7 heteroatoms. The molecule has 132 valence electrons. The number of carbonyl (C=O) groups is 3. The normalized spacial score (nSPS) is 13.3. The minimum atomic E-state index is -0.968. The van der Waals surface area contributed by atoms with Crippen LogP contribution in [0.4, 0.5) is 4.79 Å². The summed E-state index contributed by atoms with van der Waals surface area (Å²) in [7, 11) is 1.25. The maximum Gasteiger partial charge on any atom is 0.408 e. The summed E-state index contributed by atoms with van der Waals surface area (Å²) in [5.41, 5.74) is -1.39. The van der Waals surface area contributed by atoms with Crippen LogP contribution in [0, 0.1) is 0 Å². The highest BCUT2D eigenvalue weighted by Crippen LogP contribution is 2.12. The number of nitrogens with one attached hydrogen (secondary N) is 1. The van der Waals surface area contributed by atoms with Crippen molar-refractivity contribution in [2.45, 2.75) is 65.2 Å². The largest absolute Gasteiger partial charge is 0.466 e. The first-order chi connectivity index (χ1) is 10.3. The van der Waals surface area contributed by atoms with E-state index >= 15 is 0 Å². The van der Waals surface area contributed by atoms with E-state index in [-0.39, 0.29) is 6.42 Å². The molecule has 0 aliphatic rings. The Balaban J connectivity index is 4.92. The molecule has 23 heavy (non-hydrogen) atoms. The van der Waals surface area contributed by atoms with Crippen molar-refractivity contribution in [3.05, 3.63) is 12.2 Å². The Hall–Kier alpha value is -2.05. The molecule has 0 heterocycles. The fraction of sp³-hybridized carbons (Fsp3) is 0.688. The zero-order valence-electron chi connectivity index (χ0n) is 14.9. The van der Waals surface area contributed by atoms with Crippen LogP contribution in [0.3, 0.4) is 0 Å². The van der Waals surface area contributed by atoms with Crippen LogP contribution < -0.4 is 5.32 Å². The number of ether oxygens (including phenoxy) is 3. The van der Waals surface area contributed by atoms with Gasteiger partial charge < -0.3 is 19.5 Å². The number of hydrogen-bond donors (Lipinski definition) is 1. The van der Waals surface area contributed by atoms with Crippen LogP contribution in [0.15, 0.2) is 12.2 Å². The first kappa shape index (κ1) is 20.9. The van der Waals surface area contributed by atoms with Gasteiger partial charge in [-0.3, -0.25) is 0 Å². The van der Waals surface area contributed by atoms with E-state index in [0.29, 0.717) is 0 Å². The summed E-state index contributed by atoms with van der Waals surface area (Å²) in [6.07, 6.45) is 1.94. The molecule has 0 unspecified atom stereocenters. The molecule has 0 aromatic rings. The number of rotatable bonds is 5. The maximum absolute atomic E-state index is 12.2. The topological polar surface area (TPSA) is 90.9 Å². The first-order valence-corrected chi connectivity index (χ1v) is 7.31. The number of carbonyl (C=O) groups excluding carboxylic acids is 3. The zero-order chi connectivity index (χ0) is 18.3. The Morgan fingerprint density at radius 2 is 1.52 bits per heavy atom. The maximum atomic E-state index is 12.2. The fourth-order valence-electron chi connectivity index (χ4n) is 1.41. The molecule has 0 aromatic carbocycles. The Bertz CT molecular complexity index is 456. The van der Waals surface area contributed by atoms with Crippen LogP contribution in [-0.2, 0) is 23.8 Å². The van der Waals surface area contributed by atoms with Gasteiger partial charge in [0.25, 0.3) is 0 Å². The molecule has 0 saturated heterocycles. The van der Waals surface area contributed by atoms with Gasteiger partial charge >= 0.3 is 18.0 Å². The lowest BCUT2D eigenvalue weighted by molar-refractivity contribution is -0.157. The molecule has 0 radical (unpaired) electrons. The number of amides is 1. The van der Waals surface area contributed by atoms with Gasteiger partial charge in [-0.2, -0.15) is 0 Å². The van der Waals surface area contributed by atoms with Gasteiger partial charge in [0, 0.05) is 6.08 Å². The van der Waals surface area contributed by atoms with E-state index in [4.69, 9.17) is 9.47 Å². The van der Waals surface area contributed by atoms with Crippen molar-refractivity contribution in [3.63, 3.8) is 0 Å². The van der Waals surface area contributed by atoms with E-state index in [1.807, 2.05) is 0 Å². The molecule has 0 aromatic heterocycles. The van der Waals surface area contributed by atoms with E-state index in [2.05, 4.69) is 10.1 Å². The van der Waals surface area contributed by atoms with Crippen molar-refractivity contribution >= 4 is 18.0 Å². The van der Waals surface area contributed by atoms with E-state index in [1.165, 1.54) is 19.3 Å². The van der Waals surface area contributed by atoms with Crippen molar-refractivity contribution < 1.29 is 28.6 Å². The number of esters is 2. The molecule has 0 aliphatic carbocycles. The van der Waals surface area contributed by atoms with Crippen molar-refractivity contribution in [1.82, 2.24) is 5.32 Å². The fourth-order valence-corrected chi connectivity index (χ4v) is 1.41. The van der Waals surface area contributed by atoms with Crippen LogP contribution in [0.2, 0.25) is 0 Å². The Kier molecular flexibility index (Phi) is 7.79. The van der Waals surface area contributed by atoms with Gasteiger partial charge in [0.2, 0.25) is 0 Å². The van der Waals surface area contributed by atoms with Crippen LogP contribution in [0.5, 0.6) is 0 Å². The third-order valence-corrected chi connectivity index (χ3v) is 2.21. The van der Waals surface area contributed by atoms with Gasteiger partial charge in [0.1, 0.15) is 17.2 Å². The number of methoxy groups -OCH3 is 1. The minimum absolute atomic E-state index is 0.0727. The van der Waals surface area contributed by atoms with Crippen molar-refractivity contribution in [3.8, 4) is 0 Å². The molecule has 7 nitrogen and oxygen atoms in total. The zero-order valence-corrected chi connectivity index (χ0v) is 14.9. The van der Waals surface area contributed by atoms with Crippen LogP contribution >= 0.6 is 0 Å². The van der Waals surface area contributed by atoms with Crippen molar-refractivity contribution in [2.75, 3.05) is 7.11 Å². The second-order valence-corrected chi connectivity index (χ2v) is 6.89. The monoisotopic (exact) mass is 329 g/mol. The Labute approximate surface area is 137 Å². The quantitative estimate of drug-likeness (QED) is 0.473. The highest BCUT2D eigenvalue weighted by Gasteiger charge is 2.27. The summed E-state index contributed by atoms with van der Waals surface area (Å²) in [6, 6.07) is -0.968. The highest BCUT2D eigenvalue weighted by molar-refractivity contribution is 5.83. The first-order valence-electron chi connectivity index (χ1n) is 7.31. The predicted octanol–water partition coefficient (Wildman–Crippen LogP) is 2.34. The Morgan fingerprint density at radius 1 is 1.00 bits per heavy atom. The summed E-state index contributed by atoms with van der Waals surface area (Å²) >= 11 is 0. The lowest BCUT2D eigenvalue weighted by atomic mass is 10.1. The van der Waals surface area contributed by atoms with Crippen LogP contribution in [-0.4, -0.2) is 42.4 Å². The number of hydrogen-bond acceptors (Lipinski definition) is 6. The summed E-state index contributed by atoms with van der Waals surface area (Å²) in [5, 5.41) is 2.45. The molecule has 1 N–H and O–H groups in total. The predicted molar refractivity (Wildman–Crippen MR) is 84.8 cm³/mol. The molecule has 0 bridgehead atoms. The molecule has 0 fully saturated rings. The number of alkyl carbamates (subject to hydrolysis) is 1. The van der Waals surface area contributed by atoms with Crippen molar-refractivity contribution in [2.24, 2.45) is 0 Å². The van der Waals surface area contributed by atoms with Gasteiger partial charge in [-0.1, -0.05) is 6.08 Å². The van der Waals surface area contributed by atoms with Gasteiger partial charge in [-0.25, -0.2) is 14.4 Å². The standard InChI is InChI=1S/C16H27NO6/c1-15(2,3)22-13(19)11(9-8-10-12(18)21-7)17-14(20)23-16(4,5)6/h8,10-11H,9H2,1-7H3,(H,17,20)/b10-8+/t11-/m0/s1. The second kappa shape index (κ2) is 8.55. The molecule has 0 rings (SSSR count). The van der Waals surface area contributed by atoms with E-state index in [0.717, 1.165) is 0 Å². The van der Waals surface area contributed by atoms with Gasteiger partial charge in [0.05, 0.1) is 7.11 Å². The Morgan fingerprint density at radius 3 is 1.96 bits per heavy atom. The molecule has 1 atom stereocenters. The van der Waals surface area contributed by atoms with E-state index in [1.54, 1.807) is 41.5 Å². The molecule has 1 amide bonds. The lowest BCUT2D eigenvalue weighted by Crippen LogP contribution is -2.45. The van der Waals surface area contributed by atoms with Crippen LogP contribution in [0.1, 0.15) is 48.0 Å². The summed E-state index contributed by atoms with van der Waals surface area (Å²) in [4.78, 5) is 35.1. The van der Waals surface area contributed by atoms with Gasteiger partial charge in [0.15, 0.2) is 0 Å². The summed E-state index contributed by atoms with van der Waals surface area (Å²) < 4.78 is 14.8. The highest BCUT2D eigenvalue weighted by atomic mass is 16.6. The van der Waals surface area contributed by atoms with Crippen molar-refractivity contribution in [1.29, 1.82) is 0 Å². The van der Waals surface area contributed by atoms with Gasteiger partial charge in [-0.15, -0.1) is 0 Å². The SMILES string of the molecule is COC(=O)/C=C/C[C@H](NC(=O)OC(C)(C)C)C(=O)OC(C)(C)C. The smallest absolute Gasteiger partial charge is 0.408 e. The lowest BCUT2D eigenvalue weighted by Gasteiger charge is -2.25. The summed E-state index contributed by atoms with van der Waals surface area (Å²) in [6.45, 7) is 10.3. The molecule has 0 saturated carbocycles. The molecular formula is C16H27NO6. The average Bonchev–Trinajstić information content (AvgIpc) is 2.32. The molecule has 0 aliphatic heterocycles. The molecular weight excluding hydrogens is 302 g/mol. The minimum Gasteiger partial charge on any atom is -0.466 e. The average molecular weight is 329 g/mol. The van der Waals surface area contributed by atoms with E-state index in [9.17, 15) is 14.4 Å². The molecule has 0 spiro atoms. The van der Waals surface area contributed by atoms with E-state index < -0.39 is 35.3 Å². The third-order valence-electron chi connectivity index (χ3n) is 2.21. The van der Waals surface area contributed by atoms with Gasteiger partial charge in [-0.05, 0) is 48.0 Å².